The van der Waals surface area contributed by atoms with Crippen molar-refractivity contribution in [2.45, 2.75) is 6.42 Å². The molecule has 0 fully saturated rings. The Balaban J connectivity index is 2.30. The Morgan fingerprint density at radius 1 is 1.31 bits per heavy atom. The molecule has 0 spiro atoms. The van der Waals surface area contributed by atoms with Crippen molar-refractivity contribution in [1.29, 1.82) is 0 Å². The largest absolute Gasteiger partial charge is 0.318 e. The van der Waals surface area contributed by atoms with Crippen molar-refractivity contribution in [1.82, 2.24) is 0 Å². The summed E-state index contributed by atoms with van der Waals surface area (Å²) < 4.78 is 0. The summed E-state index contributed by atoms with van der Waals surface area (Å²) in [6.07, 6.45) is 0.714. The Hall–Kier alpha value is -1.73. The summed E-state index contributed by atoms with van der Waals surface area (Å²) in [5.41, 5.74) is 1.76. The predicted octanol–water partition coefficient (Wildman–Crippen LogP) is 1.49. The predicted molar refractivity (Wildman–Crippen MR) is 64.8 cm³/mol. The first kappa shape index (κ1) is 10.8. The maximum atomic E-state index is 11.3. The van der Waals surface area contributed by atoms with E-state index in [1.54, 1.807) is 18.2 Å². The first-order valence-electron chi connectivity index (χ1n) is 4.82. The van der Waals surface area contributed by atoms with Crippen LogP contribution in [0.5, 0.6) is 0 Å². The highest BCUT2D eigenvalue weighted by atomic mass is 32.1. The first-order chi connectivity index (χ1) is 7.72. The van der Waals surface area contributed by atoms with Crippen molar-refractivity contribution in [3.63, 3.8) is 0 Å². The van der Waals surface area contributed by atoms with Gasteiger partial charge < -0.3 is 5.32 Å². The minimum absolute atomic E-state index is 0.421. The fourth-order valence-electron chi connectivity index (χ4n) is 1.45. The van der Waals surface area contributed by atoms with Gasteiger partial charge in [-0.1, -0.05) is 11.8 Å². The summed E-state index contributed by atoms with van der Waals surface area (Å²) >= 11 is 4.05. The average Bonchev–Trinajstić information content (AvgIpc) is 2.55. The van der Waals surface area contributed by atoms with Gasteiger partial charge >= 0.3 is 0 Å². The standard InChI is InChI=1S/C12H9NO2S/c14-11-9-5-4-8(3-1-2-6-16)7-10(9)13-12(11)15/h4-5,7,16H,2,6H2,(H,13,14,15). The highest BCUT2D eigenvalue weighted by Crippen LogP contribution is 2.23. The Labute approximate surface area is 98.6 Å². The lowest BCUT2D eigenvalue weighted by molar-refractivity contribution is -0.112. The van der Waals surface area contributed by atoms with Crippen molar-refractivity contribution in [3.8, 4) is 11.8 Å². The van der Waals surface area contributed by atoms with Crippen LogP contribution in [0.4, 0.5) is 5.69 Å². The number of hydrogen-bond acceptors (Lipinski definition) is 3. The van der Waals surface area contributed by atoms with Crippen LogP contribution in [0.15, 0.2) is 18.2 Å². The number of fused-ring (bicyclic) bond motifs is 1. The van der Waals surface area contributed by atoms with Crippen LogP contribution in [-0.4, -0.2) is 17.4 Å². The highest BCUT2D eigenvalue weighted by molar-refractivity contribution is 7.80. The average molecular weight is 231 g/mol. The van der Waals surface area contributed by atoms with E-state index in [0.717, 1.165) is 5.56 Å². The molecule has 1 heterocycles. The quantitative estimate of drug-likeness (QED) is 0.437. The fourth-order valence-corrected chi connectivity index (χ4v) is 1.56. The van der Waals surface area contributed by atoms with Crippen molar-refractivity contribution in [3.05, 3.63) is 29.3 Å². The zero-order chi connectivity index (χ0) is 11.5. The lowest BCUT2D eigenvalue weighted by Crippen LogP contribution is -2.12. The van der Waals surface area contributed by atoms with Crippen LogP contribution in [0, 0.1) is 11.8 Å². The van der Waals surface area contributed by atoms with Crippen LogP contribution < -0.4 is 5.32 Å². The number of thiol groups is 1. The Kier molecular flexibility index (Phi) is 2.97. The van der Waals surface area contributed by atoms with E-state index >= 15 is 0 Å². The van der Waals surface area contributed by atoms with Gasteiger partial charge in [-0.3, -0.25) is 9.59 Å². The van der Waals surface area contributed by atoms with E-state index in [-0.39, 0.29) is 0 Å². The van der Waals surface area contributed by atoms with Crippen molar-refractivity contribution < 1.29 is 9.59 Å². The summed E-state index contributed by atoms with van der Waals surface area (Å²) in [4.78, 5) is 22.4. The van der Waals surface area contributed by atoms with Gasteiger partial charge in [0.15, 0.2) is 0 Å². The number of rotatable bonds is 1. The molecule has 0 radical (unpaired) electrons. The third kappa shape index (κ3) is 1.95. The zero-order valence-corrected chi connectivity index (χ0v) is 9.30. The maximum absolute atomic E-state index is 11.3. The van der Waals surface area contributed by atoms with Crippen LogP contribution in [0.1, 0.15) is 22.3 Å². The molecule has 0 unspecified atom stereocenters. The summed E-state index contributed by atoms with van der Waals surface area (Å²) in [5, 5.41) is 2.51. The third-order valence-corrected chi connectivity index (χ3v) is 2.41. The van der Waals surface area contributed by atoms with E-state index in [0.29, 0.717) is 23.4 Å². The number of benzene rings is 1. The SMILES string of the molecule is O=C1Nc2cc(C#CCCS)ccc2C1=O. The zero-order valence-electron chi connectivity index (χ0n) is 8.41. The molecule has 1 aliphatic rings. The molecular weight excluding hydrogens is 222 g/mol. The molecule has 3 nitrogen and oxygen atoms in total. The smallest absolute Gasteiger partial charge is 0.296 e. The second-order valence-corrected chi connectivity index (χ2v) is 3.77. The number of ketones is 1. The van der Waals surface area contributed by atoms with Gasteiger partial charge in [-0.05, 0) is 18.2 Å². The normalized spacial score (nSPS) is 12.8. The monoisotopic (exact) mass is 231 g/mol. The summed E-state index contributed by atoms with van der Waals surface area (Å²) in [5.74, 6) is 5.54. The van der Waals surface area contributed by atoms with Crippen molar-refractivity contribution in [2.75, 3.05) is 11.1 Å². The van der Waals surface area contributed by atoms with Crippen LogP contribution in [0.3, 0.4) is 0 Å². The van der Waals surface area contributed by atoms with Crippen LogP contribution >= 0.6 is 12.6 Å². The topological polar surface area (TPSA) is 46.2 Å². The van der Waals surface area contributed by atoms with Gasteiger partial charge in [-0.15, -0.1) is 0 Å². The molecule has 0 bridgehead atoms. The molecule has 1 aromatic rings. The van der Waals surface area contributed by atoms with Crippen LogP contribution in [0.25, 0.3) is 0 Å². The number of nitrogens with one attached hydrogen (secondary N) is 1. The minimum Gasteiger partial charge on any atom is -0.318 e. The van der Waals surface area contributed by atoms with Gasteiger partial charge in [-0.25, -0.2) is 0 Å². The number of hydrogen-bond donors (Lipinski definition) is 2. The Morgan fingerprint density at radius 2 is 2.12 bits per heavy atom. The van der Waals surface area contributed by atoms with E-state index in [4.69, 9.17) is 0 Å². The molecule has 0 saturated heterocycles. The lowest BCUT2D eigenvalue weighted by atomic mass is 10.1. The second kappa shape index (κ2) is 4.42. The van der Waals surface area contributed by atoms with Crippen molar-refractivity contribution >= 4 is 30.0 Å². The molecule has 0 saturated carbocycles. The van der Waals surface area contributed by atoms with Gasteiger partial charge in [0.1, 0.15) is 0 Å². The van der Waals surface area contributed by atoms with Gasteiger partial charge in [0.2, 0.25) is 0 Å². The Morgan fingerprint density at radius 3 is 2.88 bits per heavy atom. The summed E-state index contributed by atoms with van der Waals surface area (Å²) in [6, 6.07) is 5.08. The minimum atomic E-state index is -0.574. The molecule has 0 atom stereocenters. The van der Waals surface area contributed by atoms with Crippen molar-refractivity contribution in [2.24, 2.45) is 0 Å². The summed E-state index contributed by atoms with van der Waals surface area (Å²) in [7, 11) is 0. The molecule has 2 rings (SSSR count). The number of amides is 1. The molecular formula is C12H9NO2S. The molecule has 0 aliphatic carbocycles. The summed E-state index contributed by atoms with van der Waals surface area (Å²) in [6.45, 7) is 0. The highest BCUT2D eigenvalue weighted by Gasteiger charge is 2.27. The first-order valence-corrected chi connectivity index (χ1v) is 5.45. The van der Waals surface area contributed by atoms with E-state index in [2.05, 4.69) is 29.8 Å². The van der Waals surface area contributed by atoms with Gasteiger partial charge in [0.25, 0.3) is 11.7 Å². The van der Waals surface area contributed by atoms with Crippen LogP contribution in [0.2, 0.25) is 0 Å². The molecule has 80 valence electrons. The van der Waals surface area contributed by atoms with Gasteiger partial charge in [0.05, 0.1) is 11.3 Å². The molecule has 1 N–H and O–H groups in total. The molecule has 1 aliphatic heterocycles. The van der Waals surface area contributed by atoms with Crippen LogP contribution in [-0.2, 0) is 4.79 Å². The molecule has 1 amide bonds. The van der Waals surface area contributed by atoms with Gasteiger partial charge in [-0.2, -0.15) is 12.6 Å². The number of carbonyl (C=O) groups excluding carboxylic acids is 2. The molecule has 1 aromatic carbocycles. The van der Waals surface area contributed by atoms with E-state index in [1.165, 1.54) is 0 Å². The number of anilines is 1. The van der Waals surface area contributed by atoms with E-state index in [9.17, 15) is 9.59 Å². The molecule has 4 heteroatoms. The molecule has 0 aromatic heterocycles. The molecule has 16 heavy (non-hydrogen) atoms. The Bertz CT molecular complexity index is 526. The number of carbonyl (C=O) groups is 2. The maximum Gasteiger partial charge on any atom is 0.296 e. The second-order valence-electron chi connectivity index (χ2n) is 3.32. The van der Waals surface area contributed by atoms with E-state index < -0.39 is 11.7 Å². The third-order valence-electron chi connectivity index (χ3n) is 2.19. The fraction of sp³-hybridized carbons (Fsp3) is 0.167. The van der Waals surface area contributed by atoms with Gasteiger partial charge in [0, 0.05) is 17.7 Å². The lowest BCUT2D eigenvalue weighted by Gasteiger charge is -1.96. The van der Waals surface area contributed by atoms with E-state index in [1.807, 2.05) is 0 Å². The number of Topliss-reactive ketones (excluding diaryl/α,β-unsaturated/α-hetero) is 1.